The minimum Gasteiger partial charge on any atom is -0.459 e. The zero-order chi connectivity index (χ0) is 28.1. The van der Waals surface area contributed by atoms with Crippen LogP contribution >= 0.6 is 0 Å². The molecule has 11 atom stereocenters. The molecule has 0 N–H and O–H groups in total. The molecule has 0 aromatic heterocycles. The first-order valence-electron chi connectivity index (χ1n) is 15.8. The van der Waals surface area contributed by atoms with Crippen molar-refractivity contribution >= 4 is 11.9 Å². The van der Waals surface area contributed by atoms with Crippen molar-refractivity contribution in [2.75, 3.05) is 0 Å². The van der Waals surface area contributed by atoms with Crippen LogP contribution in [0.5, 0.6) is 0 Å². The molecule has 0 bridgehead atoms. The maximum Gasteiger partial charge on any atom is 0.303 e. The topological polar surface area (TPSA) is 52.6 Å². The summed E-state index contributed by atoms with van der Waals surface area (Å²) < 4.78 is 11.8. The highest BCUT2D eigenvalue weighted by Crippen LogP contribution is 2.78. The van der Waals surface area contributed by atoms with Gasteiger partial charge >= 0.3 is 11.9 Å². The molecule has 0 amide bonds. The molecule has 5 rings (SSSR count). The van der Waals surface area contributed by atoms with E-state index in [2.05, 4.69) is 55.4 Å². The van der Waals surface area contributed by atoms with Crippen LogP contribution in [-0.4, -0.2) is 24.1 Å². The SMILES string of the molecule is CC(=O)O[C@H]1[C@@H](OC(C)=O)C[C@@H]2[C@](C)(CC[C@H]3[C@@]2(C)CC[C@@]2(C)[C@@H]4CC(C)(C)CC[C@]4(C)CC[C@]32C)[C@H]1C. The molecule has 0 aromatic carbocycles. The van der Waals surface area contributed by atoms with E-state index < -0.39 is 0 Å². The van der Waals surface area contributed by atoms with Gasteiger partial charge in [0.2, 0.25) is 0 Å². The fourth-order valence-corrected chi connectivity index (χ4v) is 12.0. The third-order valence-electron chi connectivity index (χ3n) is 14.6. The van der Waals surface area contributed by atoms with E-state index in [1.807, 2.05) is 0 Å². The second-order valence-electron chi connectivity index (χ2n) is 16.8. The minimum absolute atomic E-state index is 0.0716. The zero-order valence-corrected chi connectivity index (χ0v) is 26.2. The van der Waals surface area contributed by atoms with Crippen molar-refractivity contribution in [3.8, 4) is 0 Å². The Bertz CT molecular complexity index is 987. The van der Waals surface area contributed by atoms with Gasteiger partial charge in [-0.3, -0.25) is 9.59 Å². The maximum absolute atomic E-state index is 12.2. The van der Waals surface area contributed by atoms with Crippen LogP contribution in [0.4, 0.5) is 0 Å². The molecule has 0 radical (unpaired) electrons. The normalized spacial score (nSPS) is 53.4. The van der Waals surface area contributed by atoms with Gasteiger partial charge in [-0.25, -0.2) is 0 Å². The first-order chi connectivity index (χ1) is 17.4. The molecule has 0 heterocycles. The van der Waals surface area contributed by atoms with Gasteiger partial charge in [-0.1, -0.05) is 55.4 Å². The number of rotatable bonds is 2. The summed E-state index contributed by atoms with van der Waals surface area (Å²) in [6.45, 7) is 23.3. The molecule has 0 unspecified atom stereocenters. The van der Waals surface area contributed by atoms with Crippen molar-refractivity contribution in [2.24, 2.45) is 56.2 Å². The minimum atomic E-state index is -0.359. The first-order valence-corrected chi connectivity index (χ1v) is 15.8. The predicted molar refractivity (Wildman–Crippen MR) is 151 cm³/mol. The lowest BCUT2D eigenvalue weighted by Gasteiger charge is -2.75. The van der Waals surface area contributed by atoms with E-state index in [0.717, 1.165) is 12.3 Å². The van der Waals surface area contributed by atoms with E-state index in [1.165, 1.54) is 71.6 Å². The Morgan fingerprint density at radius 1 is 0.658 bits per heavy atom. The van der Waals surface area contributed by atoms with Crippen LogP contribution in [0.1, 0.15) is 133 Å². The molecule has 216 valence electrons. The summed E-state index contributed by atoms with van der Waals surface area (Å²) in [7, 11) is 0. The summed E-state index contributed by atoms with van der Waals surface area (Å²) in [6, 6.07) is 0. The second-order valence-corrected chi connectivity index (χ2v) is 16.8. The van der Waals surface area contributed by atoms with Gasteiger partial charge in [0.25, 0.3) is 0 Å². The van der Waals surface area contributed by atoms with E-state index in [4.69, 9.17) is 9.47 Å². The highest BCUT2D eigenvalue weighted by atomic mass is 16.6. The Balaban J connectivity index is 1.52. The highest BCUT2D eigenvalue weighted by molar-refractivity contribution is 5.67. The lowest BCUT2D eigenvalue weighted by Crippen LogP contribution is -2.69. The number of esters is 2. The molecule has 4 nitrogen and oxygen atoms in total. The van der Waals surface area contributed by atoms with Crippen molar-refractivity contribution in [3.63, 3.8) is 0 Å². The fraction of sp³-hybridized carbons (Fsp3) is 0.941. The molecular formula is C34H56O4. The number of ether oxygens (including phenoxy) is 2. The van der Waals surface area contributed by atoms with Crippen LogP contribution in [0.15, 0.2) is 0 Å². The van der Waals surface area contributed by atoms with E-state index in [-0.39, 0.29) is 40.9 Å². The summed E-state index contributed by atoms with van der Waals surface area (Å²) >= 11 is 0. The molecule has 5 saturated carbocycles. The van der Waals surface area contributed by atoms with Crippen LogP contribution in [0.3, 0.4) is 0 Å². The molecular weight excluding hydrogens is 472 g/mol. The third kappa shape index (κ3) is 3.87. The Morgan fingerprint density at radius 2 is 1.24 bits per heavy atom. The van der Waals surface area contributed by atoms with Crippen molar-refractivity contribution < 1.29 is 19.1 Å². The molecule has 5 aliphatic rings. The molecule has 0 aliphatic heterocycles. The lowest BCUT2D eigenvalue weighted by atomic mass is 9.30. The monoisotopic (exact) mass is 528 g/mol. The average molecular weight is 529 g/mol. The largest absolute Gasteiger partial charge is 0.459 e. The molecule has 5 aliphatic carbocycles. The Morgan fingerprint density at radius 3 is 1.87 bits per heavy atom. The number of fused-ring (bicyclic) bond motifs is 7. The van der Waals surface area contributed by atoms with Gasteiger partial charge in [-0.2, -0.15) is 0 Å². The third-order valence-corrected chi connectivity index (χ3v) is 14.6. The number of hydrogen-bond acceptors (Lipinski definition) is 4. The van der Waals surface area contributed by atoms with Crippen molar-refractivity contribution in [1.82, 2.24) is 0 Å². The highest BCUT2D eigenvalue weighted by Gasteiger charge is 2.71. The van der Waals surface area contributed by atoms with Crippen molar-refractivity contribution in [2.45, 2.75) is 146 Å². The molecule has 0 aromatic rings. The summed E-state index contributed by atoms with van der Waals surface area (Å²) in [5, 5.41) is 0. The summed E-state index contributed by atoms with van der Waals surface area (Å²) in [6.07, 6.45) is 11.9. The van der Waals surface area contributed by atoms with Gasteiger partial charge in [0.05, 0.1) is 0 Å². The van der Waals surface area contributed by atoms with Crippen LogP contribution in [0, 0.1) is 56.2 Å². The number of carbonyl (C=O) groups is 2. The van der Waals surface area contributed by atoms with Crippen molar-refractivity contribution in [3.05, 3.63) is 0 Å². The predicted octanol–water partition coefficient (Wildman–Crippen LogP) is 8.36. The number of carbonyl (C=O) groups excluding carboxylic acids is 2. The molecule has 5 fully saturated rings. The van der Waals surface area contributed by atoms with Gasteiger partial charge in [-0.05, 0) is 114 Å². The number of hydrogen-bond donors (Lipinski definition) is 0. The van der Waals surface area contributed by atoms with Gasteiger partial charge in [0.1, 0.15) is 12.2 Å². The van der Waals surface area contributed by atoms with E-state index in [0.29, 0.717) is 33.5 Å². The van der Waals surface area contributed by atoms with E-state index >= 15 is 0 Å². The van der Waals surface area contributed by atoms with E-state index in [1.54, 1.807) is 0 Å². The first kappa shape index (κ1) is 28.5. The van der Waals surface area contributed by atoms with Crippen molar-refractivity contribution in [1.29, 1.82) is 0 Å². The quantitative estimate of drug-likeness (QED) is 0.338. The van der Waals surface area contributed by atoms with Crippen LogP contribution in [0.25, 0.3) is 0 Å². The zero-order valence-electron chi connectivity index (χ0n) is 26.2. The van der Waals surface area contributed by atoms with Gasteiger partial charge in [0, 0.05) is 19.8 Å². The Labute approximate surface area is 232 Å². The standard InChI is InChI=1S/C34H56O4/c1-21-28(38-23(3)36)24(37-22(2)35)19-26-31(21,7)12-11-25-32(26,8)16-18-34(10)27-20-29(4,5)13-14-30(27,6)15-17-33(25,34)9/h21,24-28H,11-20H2,1-10H3/t21-,24-,25-,26+,27+,28+,30+,31+,32+,33+,34-/m0/s1. The summed E-state index contributed by atoms with van der Waals surface area (Å²) in [5.41, 5.74) is 1.89. The Kier molecular flexibility index (Phi) is 6.53. The molecule has 0 spiro atoms. The van der Waals surface area contributed by atoms with Gasteiger partial charge in [0.15, 0.2) is 0 Å². The summed E-state index contributed by atoms with van der Waals surface area (Å²) in [4.78, 5) is 24.3. The van der Waals surface area contributed by atoms with Gasteiger partial charge < -0.3 is 9.47 Å². The average Bonchev–Trinajstić information content (AvgIpc) is 2.80. The Hall–Kier alpha value is -1.06. The molecule has 0 saturated heterocycles. The van der Waals surface area contributed by atoms with Crippen LogP contribution < -0.4 is 0 Å². The van der Waals surface area contributed by atoms with Crippen LogP contribution in [0.2, 0.25) is 0 Å². The van der Waals surface area contributed by atoms with Crippen LogP contribution in [-0.2, 0) is 19.1 Å². The maximum atomic E-state index is 12.2. The smallest absolute Gasteiger partial charge is 0.303 e. The van der Waals surface area contributed by atoms with Gasteiger partial charge in [-0.15, -0.1) is 0 Å². The fourth-order valence-electron chi connectivity index (χ4n) is 12.0. The molecule has 4 heteroatoms. The second kappa shape index (κ2) is 8.72. The van der Waals surface area contributed by atoms with E-state index in [9.17, 15) is 9.59 Å². The molecule has 38 heavy (non-hydrogen) atoms. The lowest BCUT2D eigenvalue weighted by molar-refractivity contribution is -0.273. The summed E-state index contributed by atoms with van der Waals surface area (Å²) in [5.74, 6) is 1.54.